The number of aliphatic hydroxyl groups is 1. The van der Waals surface area contributed by atoms with Crippen molar-refractivity contribution in [2.24, 2.45) is 0 Å². The lowest BCUT2D eigenvalue weighted by atomic mass is 10.0. The number of carbonyl (C=O) groups excluding carboxylic acids is 1. The van der Waals surface area contributed by atoms with E-state index >= 15 is 0 Å². The van der Waals surface area contributed by atoms with Gasteiger partial charge in [-0.05, 0) is 30.5 Å². The maximum Gasteiger partial charge on any atom is 0.242 e. The molecule has 0 fully saturated rings. The number of nitrogens with one attached hydrogen (secondary N) is 2. The number of unbranched alkanes of at least 4 members (excludes halogenated alkanes) is 1. The second-order valence-electron chi connectivity index (χ2n) is 6.37. The smallest absolute Gasteiger partial charge is 0.242 e. The molecule has 0 bridgehead atoms. The molecule has 3 N–H and O–H groups in total. The average Bonchev–Trinajstić information content (AvgIpc) is 2.97. The molecule has 0 aliphatic carbocycles. The van der Waals surface area contributed by atoms with Crippen LogP contribution in [-0.2, 0) is 11.2 Å². The lowest BCUT2D eigenvalue weighted by Gasteiger charge is -2.30. The van der Waals surface area contributed by atoms with E-state index in [0.717, 1.165) is 41.4 Å². The third kappa shape index (κ3) is 2.93. The molecule has 1 amide bonds. The fourth-order valence-electron chi connectivity index (χ4n) is 3.48. The van der Waals surface area contributed by atoms with Crippen molar-refractivity contribution in [3.8, 4) is 0 Å². The minimum atomic E-state index is -0.245. The minimum absolute atomic E-state index is 0.00568. The first-order valence-electron chi connectivity index (χ1n) is 8.38. The lowest BCUT2D eigenvalue weighted by Crippen LogP contribution is -2.49. The molecular weight excluding hydrogens is 290 g/mol. The van der Waals surface area contributed by atoms with Gasteiger partial charge in [-0.15, -0.1) is 0 Å². The number of hydrogen-bond acceptors (Lipinski definition) is 3. The Hall–Kier alpha value is -2.01. The maximum atomic E-state index is 12.7. The molecule has 2 heterocycles. The summed E-state index contributed by atoms with van der Waals surface area (Å²) in [4.78, 5) is 18.1. The number of benzene rings is 1. The van der Waals surface area contributed by atoms with E-state index in [-0.39, 0.29) is 24.6 Å². The normalized spacial score (nSPS) is 21.7. The third-order valence-electron chi connectivity index (χ3n) is 4.78. The van der Waals surface area contributed by atoms with Gasteiger partial charge < -0.3 is 20.3 Å². The molecule has 1 aliphatic rings. The monoisotopic (exact) mass is 315 g/mol. The summed E-state index contributed by atoms with van der Waals surface area (Å²) < 4.78 is 0. The number of aromatic nitrogens is 1. The zero-order valence-electron chi connectivity index (χ0n) is 13.8. The number of anilines is 1. The van der Waals surface area contributed by atoms with Gasteiger partial charge in [0.1, 0.15) is 6.04 Å². The number of aromatic amines is 1. The van der Waals surface area contributed by atoms with E-state index in [1.165, 1.54) is 0 Å². The molecule has 0 spiro atoms. The Morgan fingerprint density at radius 3 is 2.96 bits per heavy atom. The first kappa shape index (κ1) is 15.9. The highest BCUT2D eigenvalue weighted by atomic mass is 16.3. The first-order chi connectivity index (χ1) is 11.2. The quantitative estimate of drug-likeness (QED) is 0.810. The van der Waals surface area contributed by atoms with Crippen molar-refractivity contribution in [1.29, 1.82) is 0 Å². The van der Waals surface area contributed by atoms with Gasteiger partial charge in [-0.2, -0.15) is 0 Å². The van der Waals surface area contributed by atoms with Crippen molar-refractivity contribution in [2.75, 3.05) is 18.6 Å². The molecule has 1 aliphatic heterocycles. The number of carbonyl (C=O) groups is 1. The number of rotatable bonds is 4. The van der Waals surface area contributed by atoms with Crippen LogP contribution in [0.4, 0.5) is 5.69 Å². The van der Waals surface area contributed by atoms with Gasteiger partial charge in [0.25, 0.3) is 0 Å². The third-order valence-corrected chi connectivity index (χ3v) is 4.78. The second-order valence-corrected chi connectivity index (χ2v) is 6.37. The predicted octanol–water partition coefficient (Wildman–Crippen LogP) is 2.20. The van der Waals surface area contributed by atoms with Crippen molar-refractivity contribution in [3.63, 3.8) is 0 Å². The van der Waals surface area contributed by atoms with Crippen molar-refractivity contribution >= 4 is 22.5 Å². The Morgan fingerprint density at radius 2 is 2.22 bits per heavy atom. The lowest BCUT2D eigenvalue weighted by molar-refractivity contribution is -0.123. The number of likely N-dealkylation sites (N-methyl/N-ethyl adjacent to an activating group) is 1. The van der Waals surface area contributed by atoms with Crippen LogP contribution in [0.15, 0.2) is 24.4 Å². The first-order valence-corrected chi connectivity index (χ1v) is 8.38. The summed E-state index contributed by atoms with van der Waals surface area (Å²) in [5.41, 5.74) is 3.29. The van der Waals surface area contributed by atoms with Crippen LogP contribution in [0.1, 0.15) is 31.7 Å². The zero-order chi connectivity index (χ0) is 16.4. The molecule has 2 aromatic rings. The van der Waals surface area contributed by atoms with Gasteiger partial charge in [0, 0.05) is 29.8 Å². The van der Waals surface area contributed by atoms with E-state index < -0.39 is 0 Å². The van der Waals surface area contributed by atoms with Crippen LogP contribution >= 0.6 is 0 Å². The molecule has 124 valence electrons. The molecule has 0 saturated carbocycles. The van der Waals surface area contributed by atoms with E-state index in [0.29, 0.717) is 6.42 Å². The largest absolute Gasteiger partial charge is 0.394 e. The van der Waals surface area contributed by atoms with E-state index in [1.54, 1.807) is 0 Å². The van der Waals surface area contributed by atoms with Gasteiger partial charge >= 0.3 is 0 Å². The topological polar surface area (TPSA) is 68.4 Å². The van der Waals surface area contributed by atoms with Crippen molar-refractivity contribution in [2.45, 2.75) is 44.7 Å². The van der Waals surface area contributed by atoms with E-state index in [1.807, 2.05) is 19.3 Å². The van der Waals surface area contributed by atoms with Crippen LogP contribution in [0.2, 0.25) is 0 Å². The van der Waals surface area contributed by atoms with Gasteiger partial charge in [0.2, 0.25) is 5.91 Å². The van der Waals surface area contributed by atoms with Crippen LogP contribution in [0, 0.1) is 0 Å². The maximum absolute atomic E-state index is 12.7. The van der Waals surface area contributed by atoms with Gasteiger partial charge in [-0.25, -0.2) is 0 Å². The highest BCUT2D eigenvalue weighted by Crippen LogP contribution is 2.32. The zero-order valence-corrected chi connectivity index (χ0v) is 13.8. The number of nitrogens with zero attached hydrogens (tertiary/aromatic N) is 1. The van der Waals surface area contributed by atoms with Crippen LogP contribution in [0.5, 0.6) is 0 Å². The van der Waals surface area contributed by atoms with Gasteiger partial charge in [0.05, 0.1) is 12.6 Å². The number of hydrogen-bond donors (Lipinski definition) is 3. The summed E-state index contributed by atoms with van der Waals surface area (Å²) in [5.74, 6) is 0.00568. The Bertz CT molecular complexity index is 695. The second kappa shape index (κ2) is 6.62. The number of H-pyrrole nitrogens is 1. The standard InChI is InChI=1S/C18H25N3O2/c1-3-4-7-16-18(23)20-13(11-22)9-12-10-19-14-6-5-8-15(17(12)14)21(16)2/h5-6,8,10,13,16,19,22H,3-4,7,9,11H2,1-2H3,(H,20,23)/t13-,16-/m0/s1. The summed E-state index contributed by atoms with van der Waals surface area (Å²) in [5, 5.41) is 13.8. The molecule has 5 nitrogen and oxygen atoms in total. The molecule has 23 heavy (non-hydrogen) atoms. The Labute approximate surface area is 136 Å². The van der Waals surface area contributed by atoms with Crippen LogP contribution < -0.4 is 10.2 Å². The fraction of sp³-hybridized carbons (Fsp3) is 0.500. The van der Waals surface area contributed by atoms with Crippen molar-refractivity contribution < 1.29 is 9.90 Å². The van der Waals surface area contributed by atoms with Crippen molar-refractivity contribution in [3.05, 3.63) is 30.0 Å². The molecule has 0 radical (unpaired) electrons. The van der Waals surface area contributed by atoms with Gasteiger partial charge in [0.15, 0.2) is 0 Å². The molecule has 1 aromatic heterocycles. The highest BCUT2D eigenvalue weighted by molar-refractivity contribution is 5.98. The average molecular weight is 315 g/mol. The number of aliphatic hydroxyl groups excluding tert-OH is 1. The van der Waals surface area contributed by atoms with Crippen molar-refractivity contribution in [1.82, 2.24) is 10.3 Å². The summed E-state index contributed by atoms with van der Waals surface area (Å²) in [6, 6.07) is 5.69. The van der Waals surface area contributed by atoms with E-state index in [9.17, 15) is 9.90 Å². The molecular formula is C18H25N3O2. The Kier molecular flexibility index (Phi) is 4.57. The molecule has 0 unspecified atom stereocenters. The summed E-state index contributed by atoms with van der Waals surface area (Å²) >= 11 is 0. The van der Waals surface area contributed by atoms with Crippen LogP contribution in [-0.4, -0.2) is 41.7 Å². The Morgan fingerprint density at radius 1 is 1.39 bits per heavy atom. The van der Waals surface area contributed by atoms with E-state index in [2.05, 4.69) is 34.3 Å². The predicted molar refractivity (Wildman–Crippen MR) is 92.7 cm³/mol. The summed E-state index contributed by atoms with van der Waals surface area (Å²) in [6.45, 7) is 2.08. The summed E-state index contributed by atoms with van der Waals surface area (Å²) in [6.07, 6.45) is 5.49. The minimum Gasteiger partial charge on any atom is -0.394 e. The van der Waals surface area contributed by atoms with Gasteiger partial charge in [-0.1, -0.05) is 25.8 Å². The summed E-state index contributed by atoms with van der Waals surface area (Å²) in [7, 11) is 1.99. The Balaban J connectivity index is 2.10. The molecule has 2 atom stereocenters. The highest BCUT2D eigenvalue weighted by Gasteiger charge is 2.29. The van der Waals surface area contributed by atoms with Gasteiger partial charge in [-0.3, -0.25) is 4.79 Å². The molecule has 3 rings (SSSR count). The van der Waals surface area contributed by atoms with Crippen LogP contribution in [0.25, 0.3) is 10.9 Å². The SMILES string of the molecule is CCCC[C@H]1C(=O)N[C@H](CO)Cc2c[nH]c3cccc(c23)N1C. The molecule has 0 saturated heterocycles. The fourth-order valence-corrected chi connectivity index (χ4v) is 3.48. The van der Waals surface area contributed by atoms with E-state index in [4.69, 9.17) is 0 Å². The molecule has 5 heteroatoms. The number of amides is 1. The van der Waals surface area contributed by atoms with Crippen LogP contribution in [0.3, 0.4) is 0 Å². The molecule has 1 aromatic carbocycles.